The first-order valence-electron chi connectivity index (χ1n) is 4.83. The third-order valence-corrected chi connectivity index (χ3v) is 3.05. The molecule has 0 bridgehead atoms. The number of rotatable bonds is 4. The fraction of sp³-hybridized carbons (Fsp3) is 0.417. The van der Waals surface area contributed by atoms with Crippen molar-refractivity contribution in [2.75, 3.05) is 0 Å². The maximum Gasteiger partial charge on any atom is 0.309 e. The van der Waals surface area contributed by atoms with Crippen molar-refractivity contribution in [1.29, 1.82) is 0 Å². The van der Waals surface area contributed by atoms with Gasteiger partial charge in [0.1, 0.15) is 0 Å². The molecule has 3 heteroatoms. The van der Waals surface area contributed by atoms with Crippen LogP contribution in [-0.2, 0) is 16.5 Å². The Balaban J connectivity index is 2.77. The van der Waals surface area contributed by atoms with Gasteiger partial charge >= 0.3 is 5.97 Å². The van der Waals surface area contributed by atoms with Crippen LogP contribution in [0.1, 0.15) is 25.0 Å². The highest BCUT2D eigenvalue weighted by molar-refractivity contribution is 9.08. The monoisotopic (exact) mass is 270 g/mol. The summed E-state index contributed by atoms with van der Waals surface area (Å²) in [6, 6.07) is 8.01. The van der Waals surface area contributed by atoms with Crippen LogP contribution >= 0.6 is 15.9 Å². The van der Waals surface area contributed by atoms with E-state index < -0.39 is 11.4 Å². The molecule has 1 aromatic rings. The smallest absolute Gasteiger partial charge is 0.309 e. The molecule has 0 radical (unpaired) electrons. The van der Waals surface area contributed by atoms with E-state index in [1.807, 2.05) is 24.3 Å². The van der Waals surface area contributed by atoms with Crippen LogP contribution in [0.3, 0.4) is 0 Å². The molecule has 2 nitrogen and oxygen atoms in total. The summed E-state index contributed by atoms with van der Waals surface area (Å²) in [6.07, 6.45) is 0.560. The van der Waals surface area contributed by atoms with E-state index >= 15 is 0 Å². The van der Waals surface area contributed by atoms with E-state index in [2.05, 4.69) is 15.9 Å². The third kappa shape index (κ3) is 3.34. The molecule has 15 heavy (non-hydrogen) atoms. The fourth-order valence-corrected chi connectivity index (χ4v) is 1.71. The topological polar surface area (TPSA) is 37.3 Å². The van der Waals surface area contributed by atoms with Gasteiger partial charge in [0.2, 0.25) is 0 Å². The molecular formula is C12H15BrO2. The maximum atomic E-state index is 10.9. The van der Waals surface area contributed by atoms with Crippen molar-refractivity contribution in [3.05, 3.63) is 35.4 Å². The molecule has 0 aromatic heterocycles. The first-order chi connectivity index (χ1) is 6.95. The van der Waals surface area contributed by atoms with Gasteiger partial charge in [-0.2, -0.15) is 0 Å². The summed E-state index contributed by atoms with van der Waals surface area (Å²) in [5.74, 6) is -0.757. The number of halogens is 1. The summed E-state index contributed by atoms with van der Waals surface area (Å²) < 4.78 is 0. The van der Waals surface area contributed by atoms with Crippen LogP contribution in [-0.4, -0.2) is 11.1 Å². The molecule has 0 spiro atoms. The molecule has 0 amide bonds. The highest BCUT2D eigenvalue weighted by atomic mass is 79.9. The average molecular weight is 271 g/mol. The van der Waals surface area contributed by atoms with Gasteiger partial charge in [-0.1, -0.05) is 40.2 Å². The van der Waals surface area contributed by atoms with E-state index in [0.29, 0.717) is 6.42 Å². The lowest BCUT2D eigenvalue weighted by Gasteiger charge is -2.18. The van der Waals surface area contributed by atoms with Crippen molar-refractivity contribution in [3.63, 3.8) is 0 Å². The van der Waals surface area contributed by atoms with Crippen molar-refractivity contribution in [2.45, 2.75) is 25.6 Å². The van der Waals surface area contributed by atoms with Gasteiger partial charge in [0, 0.05) is 5.33 Å². The number of carbonyl (C=O) groups is 1. The maximum absolute atomic E-state index is 10.9. The average Bonchev–Trinajstić information content (AvgIpc) is 2.18. The molecular weight excluding hydrogens is 256 g/mol. The van der Waals surface area contributed by atoms with Gasteiger partial charge in [0.25, 0.3) is 0 Å². The second kappa shape index (κ2) is 4.79. The standard InChI is InChI=1S/C12H15BrO2/c1-12(2,11(14)15)7-9-3-5-10(8-13)6-4-9/h3-6H,7-8H2,1-2H3,(H,14,15). The van der Waals surface area contributed by atoms with E-state index in [1.165, 1.54) is 5.56 Å². The Hall–Kier alpha value is -0.830. The van der Waals surface area contributed by atoms with E-state index in [1.54, 1.807) is 13.8 Å². The van der Waals surface area contributed by atoms with Crippen LogP contribution in [0.2, 0.25) is 0 Å². The number of carboxylic acids is 1. The summed E-state index contributed by atoms with van der Waals surface area (Å²) in [7, 11) is 0. The van der Waals surface area contributed by atoms with Crippen molar-refractivity contribution in [1.82, 2.24) is 0 Å². The highest BCUT2D eigenvalue weighted by Crippen LogP contribution is 2.22. The SMILES string of the molecule is CC(C)(Cc1ccc(CBr)cc1)C(=O)O. The molecule has 0 fully saturated rings. The van der Waals surface area contributed by atoms with Gasteiger partial charge in [0.05, 0.1) is 5.41 Å². The van der Waals surface area contributed by atoms with Crippen LogP contribution < -0.4 is 0 Å². The number of carboxylic acid groups (broad SMARTS) is 1. The van der Waals surface area contributed by atoms with Crippen LogP contribution in [0.15, 0.2) is 24.3 Å². The largest absolute Gasteiger partial charge is 0.481 e. The predicted octanol–water partition coefficient (Wildman–Crippen LogP) is 3.23. The van der Waals surface area contributed by atoms with Gasteiger partial charge in [-0.25, -0.2) is 0 Å². The fourth-order valence-electron chi connectivity index (χ4n) is 1.33. The summed E-state index contributed by atoms with van der Waals surface area (Å²) in [6.45, 7) is 3.49. The normalized spacial score (nSPS) is 11.4. The Morgan fingerprint density at radius 2 is 1.73 bits per heavy atom. The Kier molecular flexibility index (Phi) is 3.91. The molecule has 0 saturated heterocycles. The minimum atomic E-state index is -0.757. The number of hydrogen-bond acceptors (Lipinski definition) is 1. The zero-order valence-electron chi connectivity index (χ0n) is 8.96. The van der Waals surface area contributed by atoms with Crippen LogP contribution in [0.4, 0.5) is 0 Å². The lowest BCUT2D eigenvalue weighted by molar-refractivity contribution is -0.146. The van der Waals surface area contributed by atoms with E-state index in [4.69, 9.17) is 5.11 Å². The molecule has 0 aliphatic rings. The Labute approximate surface area is 98.4 Å². The molecule has 0 heterocycles. The van der Waals surface area contributed by atoms with Crippen LogP contribution in [0, 0.1) is 5.41 Å². The quantitative estimate of drug-likeness (QED) is 0.853. The second-order valence-corrected chi connectivity index (χ2v) is 4.88. The summed E-state index contributed by atoms with van der Waals surface area (Å²) in [5, 5.41) is 9.82. The molecule has 0 saturated carbocycles. The number of alkyl halides is 1. The molecule has 1 aromatic carbocycles. The lowest BCUT2D eigenvalue weighted by Crippen LogP contribution is -2.26. The lowest BCUT2D eigenvalue weighted by atomic mass is 9.86. The van der Waals surface area contributed by atoms with E-state index in [-0.39, 0.29) is 0 Å². The first kappa shape index (κ1) is 12.2. The number of hydrogen-bond donors (Lipinski definition) is 1. The minimum Gasteiger partial charge on any atom is -0.481 e. The first-order valence-corrected chi connectivity index (χ1v) is 5.95. The molecule has 1 N–H and O–H groups in total. The third-order valence-electron chi connectivity index (χ3n) is 2.40. The van der Waals surface area contributed by atoms with Crippen molar-refractivity contribution < 1.29 is 9.90 Å². The van der Waals surface area contributed by atoms with Gasteiger partial charge in [-0.3, -0.25) is 4.79 Å². The predicted molar refractivity (Wildman–Crippen MR) is 64.2 cm³/mol. The molecule has 0 aliphatic heterocycles. The zero-order chi connectivity index (χ0) is 11.5. The Bertz CT molecular complexity index is 341. The Morgan fingerprint density at radius 3 is 2.13 bits per heavy atom. The van der Waals surface area contributed by atoms with E-state index in [0.717, 1.165) is 10.9 Å². The molecule has 0 unspecified atom stereocenters. The molecule has 1 rings (SSSR count). The van der Waals surface area contributed by atoms with Gasteiger partial charge in [-0.05, 0) is 31.4 Å². The van der Waals surface area contributed by atoms with Crippen molar-refractivity contribution >= 4 is 21.9 Å². The molecule has 0 atom stereocenters. The van der Waals surface area contributed by atoms with Crippen LogP contribution in [0.25, 0.3) is 0 Å². The van der Waals surface area contributed by atoms with Crippen molar-refractivity contribution in [3.8, 4) is 0 Å². The summed E-state index contributed by atoms with van der Waals surface area (Å²) in [4.78, 5) is 10.9. The minimum absolute atomic E-state index is 0.560. The highest BCUT2D eigenvalue weighted by Gasteiger charge is 2.27. The molecule has 82 valence electrons. The summed E-state index contributed by atoms with van der Waals surface area (Å²) in [5.41, 5.74) is 1.56. The molecule has 0 aliphatic carbocycles. The van der Waals surface area contributed by atoms with Gasteiger partial charge < -0.3 is 5.11 Å². The Morgan fingerprint density at radius 1 is 1.27 bits per heavy atom. The van der Waals surface area contributed by atoms with Gasteiger partial charge in [-0.15, -0.1) is 0 Å². The number of benzene rings is 1. The van der Waals surface area contributed by atoms with Gasteiger partial charge in [0.15, 0.2) is 0 Å². The van der Waals surface area contributed by atoms with E-state index in [9.17, 15) is 4.79 Å². The summed E-state index contributed by atoms with van der Waals surface area (Å²) >= 11 is 3.37. The van der Waals surface area contributed by atoms with Crippen molar-refractivity contribution in [2.24, 2.45) is 5.41 Å². The number of aliphatic carboxylic acids is 1. The zero-order valence-corrected chi connectivity index (χ0v) is 10.5. The second-order valence-electron chi connectivity index (χ2n) is 4.32. The van der Waals surface area contributed by atoms with Crippen LogP contribution in [0.5, 0.6) is 0 Å².